The smallest absolute Gasteiger partial charge is 0.292 e. The van der Waals surface area contributed by atoms with Gasteiger partial charge in [-0.05, 0) is 34.1 Å². The lowest BCUT2D eigenvalue weighted by atomic mass is 10.2. The third-order valence-electron chi connectivity index (χ3n) is 3.80. The molecule has 0 aliphatic heterocycles. The molecule has 0 unspecified atom stereocenters. The van der Waals surface area contributed by atoms with Gasteiger partial charge in [0.05, 0.1) is 11.2 Å². The SMILES string of the molecule is C#CCn1nc(Br)c2ccc(-n3c(=O)cc(C(F)(F)F)n(C)c3=O)cc21. The maximum atomic E-state index is 12.9. The van der Waals surface area contributed by atoms with Crippen molar-refractivity contribution in [1.82, 2.24) is 18.9 Å². The van der Waals surface area contributed by atoms with Gasteiger partial charge in [-0.3, -0.25) is 14.0 Å². The van der Waals surface area contributed by atoms with Crippen molar-refractivity contribution in [3.63, 3.8) is 0 Å². The van der Waals surface area contributed by atoms with Gasteiger partial charge in [-0.25, -0.2) is 9.36 Å². The van der Waals surface area contributed by atoms with E-state index in [0.29, 0.717) is 30.7 Å². The highest BCUT2D eigenvalue weighted by molar-refractivity contribution is 9.10. The molecule has 3 rings (SSSR count). The fraction of sp³-hybridized carbons (Fsp3) is 0.188. The molecule has 6 nitrogen and oxygen atoms in total. The van der Waals surface area contributed by atoms with Crippen molar-refractivity contribution in [3.05, 3.63) is 55.4 Å². The van der Waals surface area contributed by atoms with E-state index in [1.54, 1.807) is 6.07 Å². The van der Waals surface area contributed by atoms with Gasteiger partial charge in [0.25, 0.3) is 5.56 Å². The van der Waals surface area contributed by atoms with Crippen LogP contribution in [0.4, 0.5) is 13.2 Å². The van der Waals surface area contributed by atoms with Gasteiger partial charge in [0, 0.05) is 18.5 Å². The Hall–Kier alpha value is -2.80. The zero-order valence-corrected chi connectivity index (χ0v) is 14.8. The van der Waals surface area contributed by atoms with Gasteiger partial charge in [-0.1, -0.05) is 5.92 Å². The Kier molecular flexibility index (Phi) is 4.28. The van der Waals surface area contributed by atoms with Gasteiger partial charge in [-0.2, -0.15) is 18.3 Å². The second-order valence-corrected chi connectivity index (χ2v) is 6.15. The van der Waals surface area contributed by atoms with Gasteiger partial charge in [0.15, 0.2) is 0 Å². The Bertz CT molecular complexity index is 1180. The van der Waals surface area contributed by atoms with E-state index in [-0.39, 0.29) is 12.2 Å². The monoisotopic (exact) mass is 426 g/mol. The molecule has 0 amide bonds. The molecule has 2 heterocycles. The summed E-state index contributed by atoms with van der Waals surface area (Å²) in [5, 5.41) is 4.88. The number of hydrogen-bond acceptors (Lipinski definition) is 3. The zero-order valence-electron chi connectivity index (χ0n) is 13.2. The normalized spacial score (nSPS) is 11.7. The number of halogens is 4. The first kappa shape index (κ1) is 18.0. The van der Waals surface area contributed by atoms with Crippen LogP contribution in [-0.2, 0) is 19.8 Å². The van der Waals surface area contributed by atoms with Gasteiger partial charge >= 0.3 is 11.9 Å². The summed E-state index contributed by atoms with van der Waals surface area (Å²) in [6.45, 7) is 0.144. The lowest BCUT2D eigenvalue weighted by molar-refractivity contribution is -0.144. The minimum Gasteiger partial charge on any atom is -0.292 e. The van der Waals surface area contributed by atoms with E-state index in [0.717, 1.165) is 7.05 Å². The molecule has 0 saturated heterocycles. The van der Waals surface area contributed by atoms with Crippen molar-refractivity contribution >= 4 is 26.8 Å². The Morgan fingerprint density at radius 1 is 1.27 bits per heavy atom. The molecule has 26 heavy (non-hydrogen) atoms. The van der Waals surface area contributed by atoms with Crippen LogP contribution in [0.25, 0.3) is 16.6 Å². The first-order valence-electron chi connectivity index (χ1n) is 7.15. The van der Waals surface area contributed by atoms with Crippen LogP contribution in [0.15, 0.2) is 38.5 Å². The van der Waals surface area contributed by atoms with E-state index in [9.17, 15) is 22.8 Å². The summed E-state index contributed by atoms with van der Waals surface area (Å²) in [6.07, 6.45) is 0.481. The predicted molar refractivity (Wildman–Crippen MR) is 92.1 cm³/mol. The summed E-state index contributed by atoms with van der Waals surface area (Å²) < 4.78 is 41.9. The van der Waals surface area contributed by atoms with E-state index in [1.807, 2.05) is 0 Å². The molecular formula is C16H10BrF3N4O2. The number of benzene rings is 1. The van der Waals surface area contributed by atoms with Crippen LogP contribution in [0.5, 0.6) is 0 Å². The molecule has 0 atom stereocenters. The third kappa shape index (κ3) is 2.84. The molecule has 2 aromatic heterocycles. The van der Waals surface area contributed by atoms with Crippen molar-refractivity contribution < 1.29 is 13.2 Å². The predicted octanol–water partition coefficient (Wildman–Crippen LogP) is 2.30. The maximum Gasteiger partial charge on any atom is 0.431 e. The summed E-state index contributed by atoms with van der Waals surface area (Å²) in [7, 11) is 0.957. The lowest BCUT2D eigenvalue weighted by Gasteiger charge is -2.14. The Balaban J connectivity index is 2.30. The molecule has 10 heteroatoms. The molecule has 0 bridgehead atoms. The molecule has 0 radical (unpaired) electrons. The Morgan fingerprint density at radius 2 is 1.96 bits per heavy atom. The molecule has 0 fully saturated rings. The highest BCUT2D eigenvalue weighted by Gasteiger charge is 2.35. The van der Waals surface area contributed by atoms with Gasteiger partial charge < -0.3 is 0 Å². The van der Waals surface area contributed by atoms with Gasteiger partial charge in [0.1, 0.15) is 16.8 Å². The van der Waals surface area contributed by atoms with E-state index in [1.165, 1.54) is 16.8 Å². The number of nitrogens with zero attached hydrogens (tertiary/aromatic N) is 4. The van der Waals surface area contributed by atoms with Crippen LogP contribution in [0, 0.1) is 12.3 Å². The third-order valence-corrected chi connectivity index (χ3v) is 4.39. The number of hydrogen-bond donors (Lipinski definition) is 0. The van der Waals surface area contributed by atoms with E-state index < -0.39 is 23.1 Å². The topological polar surface area (TPSA) is 61.8 Å². The van der Waals surface area contributed by atoms with Gasteiger partial charge in [0.2, 0.25) is 0 Å². The molecule has 3 aromatic rings. The summed E-state index contributed by atoms with van der Waals surface area (Å²) in [5.74, 6) is 2.42. The van der Waals surface area contributed by atoms with Gasteiger partial charge in [-0.15, -0.1) is 6.42 Å². The molecule has 0 saturated carbocycles. The summed E-state index contributed by atoms with van der Waals surface area (Å²) >= 11 is 3.28. The zero-order chi connectivity index (χ0) is 19.2. The second kappa shape index (κ2) is 6.17. The van der Waals surface area contributed by atoms with Crippen molar-refractivity contribution in [3.8, 4) is 18.0 Å². The fourth-order valence-electron chi connectivity index (χ4n) is 2.60. The van der Waals surface area contributed by atoms with Crippen molar-refractivity contribution in [2.24, 2.45) is 7.05 Å². The Morgan fingerprint density at radius 3 is 2.58 bits per heavy atom. The minimum absolute atomic E-state index is 0.113. The standard InChI is InChI=1S/C16H10BrF3N4O2/c1-3-6-23-11-7-9(4-5-10(11)14(17)21-23)24-13(25)8-12(16(18,19)20)22(2)15(24)26/h1,4-5,7-8H,6H2,2H3. The average molecular weight is 427 g/mol. The molecule has 0 aliphatic rings. The summed E-state index contributed by atoms with van der Waals surface area (Å²) in [5.41, 5.74) is -2.86. The minimum atomic E-state index is -4.81. The van der Waals surface area contributed by atoms with E-state index >= 15 is 0 Å². The highest BCUT2D eigenvalue weighted by Crippen LogP contribution is 2.28. The molecule has 0 spiro atoms. The van der Waals surface area contributed by atoms with E-state index in [2.05, 4.69) is 26.9 Å². The van der Waals surface area contributed by atoms with Crippen LogP contribution in [0.1, 0.15) is 5.69 Å². The summed E-state index contributed by atoms with van der Waals surface area (Å²) in [4.78, 5) is 24.6. The first-order chi connectivity index (χ1) is 12.1. The maximum absolute atomic E-state index is 12.9. The van der Waals surface area contributed by atoms with E-state index in [4.69, 9.17) is 6.42 Å². The van der Waals surface area contributed by atoms with Crippen molar-refractivity contribution in [2.75, 3.05) is 0 Å². The van der Waals surface area contributed by atoms with Crippen LogP contribution in [0.2, 0.25) is 0 Å². The number of rotatable bonds is 2. The second-order valence-electron chi connectivity index (χ2n) is 5.40. The molecule has 1 aromatic carbocycles. The van der Waals surface area contributed by atoms with Crippen LogP contribution < -0.4 is 11.2 Å². The van der Waals surface area contributed by atoms with Crippen molar-refractivity contribution in [2.45, 2.75) is 12.7 Å². The first-order valence-corrected chi connectivity index (χ1v) is 7.94. The lowest BCUT2D eigenvalue weighted by Crippen LogP contribution is -2.40. The Labute approximate surface area is 152 Å². The highest BCUT2D eigenvalue weighted by atomic mass is 79.9. The van der Waals surface area contributed by atoms with Crippen molar-refractivity contribution in [1.29, 1.82) is 0 Å². The largest absolute Gasteiger partial charge is 0.431 e. The quantitative estimate of drug-likeness (QED) is 0.590. The number of aromatic nitrogens is 4. The number of terminal acetylenes is 1. The summed E-state index contributed by atoms with van der Waals surface area (Å²) in [6, 6.07) is 4.91. The van der Waals surface area contributed by atoms with Crippen LogP contribution in [-0.4, -0.2) is 18.9 Å². The molecular weight excluding hydrogens is 417 g/mol. The fourth-order valence-corrected chi connectivity index (χ4v) is 3.13. The van der Waals surface area contributed by atoms with Crippen LogP contribution in [0.3, 0.4) is 0 Å². The number of fused-ring (bicyclic) bond motifs is 1. The van der Waals surface area contributed by atoms with Crippen LogP contribution >= 0.6 is 15.9 Å². The number of alkyl halides is 3. The molecule has 0 aliphatic carbocycles. The average Bonchev–Trinajstić information content (AvgIpc) is 2.86. The molecule has 134 valence electrons. The molecule has 0 N–H and O–H groups in total.